The minimum absolute atomic E-state index is 0.107. The lowest BCUT2D eigenvalue weighted by Gasteiger charge is -2.49. The van der Waals surface area contributed by atoms with E-state index in [-0.39, 0.29) is 12.3 Å². The predicted molar refractivity (Wildman–Crippen MR) is 78.9 cm³/mol. The summed E-state index contributed by atoms with van der Waals surface area (Å²) in [7, 11) is 0. The number of benzene rings is 2. The SMILES string of the molecule is O=C(O)C1CC2(C(=O)O)c3ccccc3C1c1ccccc12. The van der Waals surface area contributed by atoms with Crippen LogP contribution < -0.4 is 0 Å². The van der Waals surface area contributed by atoms with Crippen molar-refractivity contribution >= 4 is 11.9 Å². The Bertz CT molecular complexity index is 761. The van der Waals surface area contributed by atoms with E-state index in [9.17, 15) is 19.8 Å². The van der Waals surface area contributed by atoms with Crippen LogP contribution in [0.15, 0.2) is 48.5 Å². The molecule has 3 aliphatic rings. The minimum atomic E-state index is -1.26. The first-order valence-corrected chi connectivity index (χ1v) is 7.22. The first-order valence-electron chi connectivity index (χ1n) is 7.22. The lowest BCUT2D eigenvalue weighted by Crippen LogP contribution is -2.51. The fourth-order valence-corrected chi connectivity index (χ4v) is 4.28. The fraction of sp³-hybridized carbons (Fsp3) is 0.222. The number of carboxylic acids is 2. The summed E-state index contributed by atoms with van der Waals surface area (Å²) >= 11 is 0. The van der Waals surface area contributed by atoms with Crippen molar-refractivity contribution in [2.45, 2.75) is 17.8 Å². The quantitative estimate of drug-likeness (QED) is 0.892. The Morgan fingerprint density at radius 3 is 1.86 bits per heavy atom. The van der Waals surface area contributed by atoms with Crippen LogP contribution in [0.3, 0.4) is 0 Å². The third-order valence-electron chi connectivity index (χ3n) is 5.12. The molecule has 0 saturated heterocycles. The average molecular weight is 294 g/mol. The second-order valence-electron chi connectivity index (χ2n) is 6.01. The molecular formula is C18H14O4. The zero-order valence-electron chi connectivity index (χ0n) is 11.7. The molecule has 1 atom stereocenters. The van der Waals surface area contributed by atoms with Gasteiger partial charge in [-0.15, -0.1) is 0 Å². The average Bonchev–Trinajstić information content (AvgIpc) is 2.54. The maximum Gasteiger partial charge on any atom is 0.318 e. The van der Waals surface area contributed by atoms with Gasteiger partial charge in [-0.3, -0.25) is 9.59 Å². The summed E-state index contributed by atoms with van der Waals surface area (Å²) in [6, 6.07) is 14.7. The molecule has 0 amide bonds. The van der Waals surface area contributed by atoms with Crippen LogP contribution in [-0.2, 0) is 15.0 Å². The Labute approximate surface area is 127 Å². The summed E-state index contributed by atoms with van der Waals surface area (Å²) in [6.07, 6.45) is 0.107. The van der Waals surface area contributed by atoms with Crippen LogP contribution in [0.5, 0.6) is 0 Å². The third kappa shape index (κ3) is 1.37. The lowest BCUT2D eigenvalue weighted by atomic mass is 9.51. The zero-order valence-corrected chi connectivity index (χ0v) is 11.7. The van der Waals surface area contributed by atoms with Crippen LogP contribution in [0.25, 0.3) is 0 Å². The molecule has 0 radical (unpaired) electrons. The van der Waals surface area contributed by atoms with Gasteiger partial charge in [0.25, 0.3) is 0 Å². The van der Waals surface area contributed by atoms with Gasteiger partial charge in [0.2, 0.25) is 0 Å². The number of hydrogen-bond donors (Lipinski definition) is 2. The third-order valence-corrected chi connectivity index (χ3v) is 5.12. The molecule has 1 unspecified atom stereocenters. The Morgan fingerprint density at radius 1 is 0.909 bits per heavy atom. The zero-order chi connectivity index (χ0) is 15.5. The predicted octanol–water partition coefficient (Wildman–Crippen LogP) is 2.61. The molecule has 3 aliphatic carbocycles. The molecule has 22 heavy (non-hydrogen) atoms. The molecule has 2 aromatic rings. The molecule has 4 nitrogen and oxygen atoms in total. The molecule has 2 N–H and O–H groups in total. The summed E-state index contributed by atoms with van der Waals surface area (Å²) in [5, 5.41) is 19.6. The van der Waals surface area contributed by atoms with E-state index in [0.717, 1.165) is 22.3 Å². The molecule has 0 saturated carbocycles. The molecule has 2 bridgehead atoms. The van der Waals surface area contributed by atoms with E-state index in [1.165, 1.54) is 0 Å². The van der Waals surface area contributed by atoms with E-state index >= 15 is 0 Å². The monoisotopic (exact) mass is 294 g/mol. The highest BCUT2D eigenvalue weighted by atomic mass is 16.4. The van der Waals surface area contributed by atoms with Gasteiger partial charge in [-0.25, -0.2) is 0 Å². The van der Waals surface area contributed by atoms with Crippen molar-refractivity contribution in [2.24, 2.45) is 5.92 Å². The van der Waals surface area contributed by atoms with Crippen molar-refractivity contribution in [2.75, 3.05) is 0 Å². The Balaban J connectivity index is 2.13. The second-order valence-corrected chi connectivity index (χ2v) is 6.01. The highest BCUT2D eigenvalue weighted by Gasteiger charge is 2.58. The van der Waals surface area contributed by atoms with Crippen LogP contribution >= 0.6 is 0 Å². The first kappa shape index (κ1) is 13.1. The van der Waals surface area contributed by atoms with Gasteiger partial charge in [0.1, 0.15) is 5.41 Å². The molecule has 0 spiro atoms. The van der Waals surface area contributed by atoms with Gasteiger partial charge in [0, 0.05) is 5.92 Å². The number of fused-ring (bicyclic) bond motifs is 1. The van der Waals surface area contributed by atoms with Crippen LogP contribution in [0.4, 0.5) is 0 Å². The van der Waals surface area contributed by atoms with Gasteiger partial charge in [0.05, 0.1) is 5.92 Å². The summed E-state index contributed by atoms with van der Waals surface area (Å²) in [5.41, 5.74) is 1.89. The number of carbonyl (C=O) groups is 2. The van der Waals surface area contributed by atoms with E-state index in [0.29, 0.717) is 0 Å². The van der Waals surface area contributed by atoms with Crippen molar-refractivity contribution < 1.29 is 19.8 Å². The molecule has 5 rings (SSSR count). The van der Waals surface area contributed by atoms with Gasteiger partial charge in [-0.1, -0.05) is 48.5 Å². The van der Waals surface area contributed by atoms with Gasteiger partial charge in [0.15, 0.2) is 0 Å². The van der Waals surface area contributed by atoms with Gasteiger partial charge in [-0.2, -0.15) is 0 Å². The van der Waals surface area contributed by atoms with E-state index in [4.69, 9.17) is 0 Å². The van der Waals surface area contributed by atoms with Gasteiger partial charge < -0.3 is 10.2 Å². The van der Waals surface area contributed by atoms with E-state index < -0.39 is 23.3 Å². The Morgan fingerprint density at radius 2 is 1.41 bits per heavy atom. The van der Waals surface area contributed by atoms with Gasteiger partial charge in [-0.05, 0) is 28.7 Å². The van der Waals surface area contributed by atoms with E-state index in [2.05, 4.69) is 0 Å². The van der Waals surface area contributed by atoms with E-state index in [1.54, 1.807) is 0 Å². The Kier molecular flexibility index (Phi) is 2.49. The summed E-state index contributed by atoms with van der Waals surface area (Å²) in [4.78, 5) is 24.0. The number of hydrogen-bond acceptors (Lipinski definition) is 2. The second kappa shape index (κ2) is 4.19. The minimum Gasteiger partial charge on any atom is -0.481 e. The number of aliphatic carboxylic acids is 2. The standard InChI is InChI=1S/C18H14O4/c19-16(20)12-9-18(17(21)22)13-7-3-1-5-10(13)15(12)11-6-2-4-8-14(11)18/h1-8,12,15H,9H2,(H,19,20)(H,21,22). The molecule has 0 fully saturated rings. The van der Waals surface area contributed by atoms with Crippen molar-refractivity contribution in [3.05, 3.63) is 70.8 Å². The summed E-state index contributed by atoms with van der Waals surface area (Å²) in [6.45, 7) is 0. The van der Waals surface area contributed by atoms with Crippen molar-refractivity contribution in [3.8, 4) is 0 Å². The molecule has 0 aliphatic heterocycles. The first-order chi connectivity index (χ1) is 10.6. The molecular weight excluding hydrogens is 280 g/mol. The highest BCUT2D eigenvalue weighted by molar-refractivity contribution is 5.92. The number of rotatable bonds is 2. The molecule has 0 heterocycles. The maximum absolute atomic E-state index is 12.2. The van der Waals surface area contributed by atoms with Gasteiger partial charge >= 0.3 is 11.9 Å². The topological polar surface area (TPSA) is 74.6 Å². The maximum atomic E-state index is 12.2. The van der Waals surface area contributed by atoms with Crippen LogP contribution in [0.1, 0.15) is 34.6 Å². The van der Waals surface area contributed by atoms with E-state index in [1.807, 2.05) is 48.5 Å². The fourth-order valence-electron chi connectivity index (χ4n) is 4.28. The van der Waals surface area contributed by atoms with Crippen molar-refractivity contribution in [3.63, 3.8) is 0 Å². The van der Waals surface area contributed by atoms with Crippen LogP contribution in [-0.4, -0.2) is 22.2 Å². The number of carboxylic acid groups (broad SMARTS) is 2. The van der Waals surface area contributed by atoms with Crippen molar-refractivity contribution in [1.29, 1.82) is 0 Å². The van der Waals surface area contributed by atoms with Crippen LogP contribution in [0, 0.1) is 5.92 Å². The largest absolute Gasteiger partial charge is 0.481 e. The highest BCUT2D eigenvalue weighted by Crippen LogP contribution is 2.58. The normalized spacial score (nSPS) is 27.8. The van der Waals surface area contributed by atoms with Crippen LogP contribution in [0.2, 0.25) is 0 Å². The molecule has 4 heteroatoms. The molecule has 2 aromatic carbocycles. The Hall–Kier alpha value is -2.62. The molecule has 110 valence electrons. The smallest absolute Gasteiger partial charge is 0.318 e. The summed E-state index contributed by atoms with van der Waals surface area (Å²) in [5.74, 6) is -2.89. The van der Waals surface area contributed by atoms with Crippen molar-refractivity contribution in [1.82, 2.24) is 0 Å². The molecule has 0 aromatic heterocycles. The lowest BCUT2D eigenvalue weighted by molar-refractivity contribution is -0.148. The summed E-state index contributed by atoms with van der Waals surface area (Å²) < 4.78 is 0.